The number of carbonyl (C=O) groups is 1. The van der Waals surface area contributed by atoms with Crippen LogP contribution in [0.25, 0.3) is 0 Å². The average Bonchev–Trinajstić information content (AvgIpc) is 2.36. The van der Waals surface area contributed by atoms with Crippen molar-refractivity contribution in [2.75, 3.05) is 5.32 Å². The maximum Gasteiger partial charge on any atom is 0.335 e. The minimum atomic E-state index is -0.962. The summed E-state index contributed by atoms with van der Waals surface area (Å²) in [5.74, 6) is -0.423. The van der Waals surface area contributed by atoms with Crippen molar-refractivity contribution in [3.8, 4) is 0 Å². The highest BCUT2D eigenvalue weighted by Gasteiger charge is 2.06. The van der Waals surface area contributed by atoms with Crippen LogP contribution in [0.2, 0.25) is 5.02 Å². The van der Waals surface area contributed by atoms with Crippen LogP contribution in [0.3, 0.4) is 0 Å². The second kappa shape index (κ2) is 5.71. The highest BCUT2D eigenvalue weighted by Crippen LogP contribution is 2.14. The van der Waals surface area contributed by atoms with Crippen molar-refractivity contribution < 1.29 is 9.90 Å². The molecule has 5 heteroatoms. The number of aromatic carboxylic acids is 1. The molecule has 1 aromatic carbocycles. The molecular formula is C14H13ClN2O2. The number of hydrogen-bond donors (Lipinski definition) is 2. The number of aryl methyl sites for hydroxylation is 1. The van der Waals surface area contributed by atoms with Crippen molar-refractivity contribution in [3.63, 3.8) is 0 Å². The number of aromatic nitrogens is 1. The van der Waals surface area contributed by atoms with E-state index in [2.05, 4.69) is 10.3 Å². The van der Waals surface area contributed by atoms with Crippen LogP contribution in [0.1, 0.15) is 21.6 Å². The average molecular weight is 277 g/mol. The molecule has 1 aromatic heterocycles. The summed E-state index contributed by atoms with van der Waals surface area (Å²) in [6.45, 7) is 2.30. The number of nitrogens with one attached hydrogen (secondary N) is 1. The van der Waals surface area contributed by atoms with Crippen LogP contribution in [-0.4, -0.2) is 16.1 Å². The first-order valence-corrected chi connectivity index (χ1v) is 6.13. The molecule has 0 aliphatic heterocycles. The molecule has 0 unspecified atom stereocenters. The van der Waals surface area contributed by atoms with Gasteiger partial charge in [0, 0.05) is 17.3 Å². The first-order chi connectivity index (χ1) is 9.04. The minimum absolute atomic E-state index is 0.223. The predicted molar refractivity (Wildman–Crippen MR) is 74.7 cm³/mol. The van der Waals surface area contributed by atoms with E-state index in [4.69, 9.17) is 16.7 Å². The molecule has 19 heavy (non-hydrogen) atoms. The largest absolute Gasteiger partial charge is 0.478 e. The van der Waals surface area contributed by atoms with Gasteiger partial charge >= 0.3 is 5.97 Å². The van der Waals surface area contributed by atoms with Crippen LogP contribution in [0.4, 0.5) is 5.82 Å². The Morgan fingerprint density at radius 3 is 2.84 bits per heavy atom. The molecular weight excluding hydrogens is 264 g/mol. The van der Waals surface area contributed by atoms with Gasteiger partial charge < -0.3 is 10.4 Å². The lowest BCUT2D eigenvalue weighted by Crippen LogP contribution is -2.05. The van der Waals surface area contributed by atoms with Crippen LogP contribution < -0.4 is 5.32 Å². The summed E-state index contributed by atoms with van der Waals surface area (Å²) in [6, 6.07) is 10.5. The van der Waals surface area contributed by atoms with Crippen molar-refractivity contribution in [1.82, 2.24) is 4.98 Å². The fourth-order valence-corrected chi connectivity index (χ4v) is 1.94. The molecule has 98 valence electrons. The third-order valence-electron chi connectivity index (χ3n) is 2.56. The lowest BCUT2D eigenvalue weighted by Gasteiger charge is -2.08. The highest BCUT2D eigenvalue weighted by atomic mass is 35.5. The monoisotopic (exact) mass is 276 g/mol. The Morgan fingerprint density at radius 1 is 1.37 bits per heavy atom. The topological polar surface area (TPSA) is 62.2 Å². The molecule has 0 amide bonds. The van der Waals surface area contributed by atoms with E-state index in [1.807, 2.05) is 18.2 Å². The summed E-state index contributed by atoms with van der Waals surface area (Å²) in [5.41, 5.74) is 1.89. The zero-order valence-electron chi connectivity index (χ0n) is 10.4. The molecule has 0 spiro atoms. The zero-order chi connectivity index (χ0) is 13.8. The van der Waals surface area contributed by atoms with E-state index in [9.17, 15) is 4.79 Å². The Bertz CT molecular complexity index is 614. The first kappa shape index (κ1) is 13.4. The van der Waals surface area contributed by atoms with Gasteiger partial charge in [0.15, 0.2) is 0 Å². The number of anilines is 1. The number of benzene rings is 1. The van der Waals surface area contributed by atoms with Gasteiger partial charge in [-0.1, -0.05) is 23.7 Å². The highest BCUT2D eigenvalue weighted by molar-refractivity contribution is 6.30. The number of hydrogen-bond acceptors (Lipinski definition) is 3. The van der Waals surface area contributed by atoms with E-state index in [1.54, 1.807) is 13.0 Å². The molecule has 0 aliphatic rings. The normalized spacial score (nSPS) is 10.2. The van der Waals surface area contributed by atoms with Crippen LogP contribution in [0.15, 0.2) is 36.4 Å². The van der Waals surface area contributed by atoms with Gasteiger partial charge in [0.25, 0.3) is 0 Å². The number of pyridine rings is 1. The van der Waals surface area contributed by atoms with E-state index in [1.165, 1.54) is 12.1 Å². The van der Waals surface area contributed by atoms with Crippen molar-refractivity contribution in [3.05, 3.63) is 58.2 Å². The Hall–Kier alpha value is -2.07. The van der Waals surface area contributed by atoms with E-state index in [0.29, 0.717) is 23.1 Å². The number of nitrogens with zero attached hydrogens (tertiary/aromatic N) is 1. The Morgan fingerprint density at radius 2 is 2.16 bits per heavy atom. The van der Waals surface area contributed by atoms with Gasteiger partial charge in [-0.2, -0.15) is 0 Å². The summed E-state index contributed by atoms with van der Waals surface area (Å²) in [6.07, 6.45) is 0. The lowest BCUT2D eigenvalue weighted by molar-refractivity contribution is 0.0696. The van der Waals surface area contributed by atoms with Gasteiger partial charge in [-0.3, -0.25) is 0 Å². The molecule has 0 fully saturated rings. The molecule has 4 nitrogen and oxygen atoms in total. The summed E-state index contributed by atoms with van der Waals surface area (Å²) >= 11 is 5.90. The summed E-state index contributed by atoms with van der Waals surface area (Å²) in [7, 11) is 0. The Kier molecular flexibility index (Phi) is 4.02. The van der Waals surface area contributed by atoms with Gasteiger partial charge in [0.2, 0.25) is 0 Å². The van der Waals surface area contributed by atoms with Crippen molar-refractivity contribution in [2.24, 2.45) is 0 Å². The van der Waals surface area contributed by atoms with E-state index < -0.39 is 5.97 Å². The fraction of sp³-hybridized carbons (Fsp3) is 0.143. The molecule has 0 radical (unpaired) electrons. The zero-order valence-corrected chi connectivity index (χ0v) is 11.1. The predicted octanol–water partition coefficient (Wildman–Crippen LogP) is 3.35. The lowest BCUT2D eigenvalue weighted by atomic mass is 10.2. The van der Waals surface area contributed by atoms with Crippen LogP contribution in [-0.2, 0) is 6.54 Å². The van der Waals surface area contributed by atoms with E-state index >= 15 is 0 Å². The van der Waals surface area contributed by atoms with Gasteiger partial charge in [-0.15, -0.1) is 0 Å². The van der Waals surface area contributed by atoms with Crippen molar-refractivity contribution in [2.45, 2.75) is 13.5 Å². The van der Waals surface area contributed by atoms with Crippen LogP contribution >= 0.6 is 11.6 Å². The second-order valence-corrected chi connectivity index (χ2v) is 4.61. The van der Waals surface area contributed by atoms with Gasteiger partial charge in [0.05, 0.1) is 5.56 Å². The SMILES string of the molecule is Cc1cc(C(=O)O)cc(NCc2cccc(Cl)c2)n1. The second-order valence-electron chi connectivity index (χ2n) is 4.17. The van der Waals surface area contributed by atoms with Crippen molar-refractivity contribution in [1.29, 1.82) is 0 Å². The molecule has 2 rings (SSSR count). The number of rotatable bonds is 4. The summed E-state index contributed by atoms with van der Waals surface area (Å²) in [4.78, 5) is 15.2. The maximum atomic E-state index is 11.0. The quantitative estimate of drug-likeness (QED) is 0.899. The third kappa shape index (κ3) is 3.69. The molecule has 0 atom stereocenters. The molecule has 0 aliphatic carbocycles. The van der Waals surface area contributed by atoms with E-state index in [-0.39, 0.29) is 5.56 Å². The molecule has 0 saturated heterocycles. The van der Waals surface area contributed by atoms with Crippen LogP contribution in [0.5, 0.6) is 0 Å². The summed E-state index contributed by atoms with van der Waals surface area (Å²) < 4.78 is 0. The minimum Gasteiger partial charge on any atom is -0.478 e. The molecule has 0 bridgehead atoms. The molecule has 0 saturated carbocycles. The Labute approximate surface area is 116 Å². The summed E-state index contributed by atoms with van der Waals surface area (Å²) in [5, 5.41) is 12.7. The van der Waals surface area contributed by atoms with E-state index in [0.717, 1.165) is 5.56 Å². The number of carboxylic acid groups (broad SMARTS) is 1. The smallest absolute Gasteiger partial charge is 0.335 e. The Balaban J connectivity index is 2.13. The van der Waals surface area contributed by atoms with Gasteiger partial charge in [0.1, 0.15) is 5.82 Å². The van der Waals surface area contributed by atoms with Crippen LogP contribution in [0, 0.1) is 6.92 Å². The molecule has 2 N–H and O–H groups in total. The first-order valence-electron chi connectivity index (χ1n) is 5.75. The third-order valence-corrected chi connectivity index (χ3v) is 2.80. The molecule has 1 heterocycles. The number of carboxylic acids is 1. The maximum absolute atomic E-state index is 11.0. The number of halogens is 1. The van der Waals surface area contributed by atoms with Crippen molar-refractivity contribution >= 4 is 23.4 Å². The standard InChI is InChI=1S/C14H13ClN2O2/c1-9-5-11(14(18)19)7-13(17-9)16-8-10-3-2-4-12(15)6-10/h2-7H,8H2,1H3,(H,16,17)(H,18,19). The molecule has 2 aromatic rings. The van der Waals surface area contributed by atoms with Gasteiger partial charge in [-0.05, 0) is 36.8 Å². The fourth-order valence-electron chi connectivity index (χ4n) is 1.72. The van der Waals surface area contributed by atoms with Gasteiger partial charge in [-0.25, -0.2) is 9.78 Å².